The van der Waals surface area contributed by atoms with Gasteiger partial charge in [-0.15, -0.1) is 0 Å². The molecule has 0 spiro atoms. The van der Waals surface area contributed by atoms with E-state index in [2.05, 4.69) is 6.07 Å². The monoisotopic (exact) mass is 315 g/mol. The molecule has 0 heterocycles. The lowest BCUT2D eigenvalue weighted by Crippen LogP contribution is -2.14. The van der Waals surface area contributed by atoms with E-state index in [0.29, 0.717) is 5.56 Å². The van der Waals surface area contributed by atoms with Gasteiger partial charge in [0.25, 0.3) is 0 Å². The molecule has 0 bridgehead atoms. The summed E-state index contributed by atoms with van der Waals surface area (Å²) >= 11 is 0. The Bertz CT molecular complexity index is 1140. The number of hydrogen-bond donors (Lipinski definition) is 2. The highest BCUT2D eigenvalue weighted by molar-refractivity contribution is 6.30. The van der Waals surface area contributed by atoms with Gasteiger partial charge in [-0.05, 0) is 37.9 Å². The molecule has 0 aliphatic rings. The smallest absolute Gasteiger partial charge is 0.329 e. The van der Waals surface area contributed by atoms with Gasteiger partial charge in [0.1, 0.15) is 0 Å². The highest BCUT2D eigenvalue weighted by Crippen LogP contribution is 2.37. The summed E-state index contributed by atoms with van der Waals surface area (Å²) in [6.07, 6.45) is 0.870. The van der Waals surface area contributed by atoms with E-state index in [1.165, 1.54) is 0 Å². The lowest BCUT2D eigenvalue weighted by atomic mass is 9.89. The van der Waals surface area contributed by atoms with Gasteiger partial charge in [0.2, 0.25) is 5.91 Å². The van der Waals surface area contributed by atoms with Crippen LogP contribution in [-0.2, 0) is 9.59 Å². The Morgan fingerprint density at radius 3 is 2.04 bits per heavy atom. The molecule has 0 unspecified atom stereocenters. The van der Waals surface area contributed by atoms with E-state index in [1.54, 1.807) is 6.07 Å². The first-order chi connectivity index (χ1) is 11.6. The van der Waals surface area contributed by atoms with Crippen molar-refractivity contribution in [2.24, 2.45) is 5.73 Å². The van der Waals surface area contributed by atoms with Gasteiger partial charge in [-0.1, -0.05) is 54.6 Å². The maximum atomic E-state index is 11.8. The van der Waals surface area contributed by atoms with E-state index in [-0.39, 0.29) is 5.57 Å². The van der Waals surface area contributed by atoms with Crippen LogP contribution in [0, 0.1) is 0 Å². The Hall–Kier alpha value is -3.40. The number of benzene rings is 4. The molecular formula is C20H13NO3. The quantitative estimate of drug-likeness (QED) is 0.448. The summed E-state index contributed by atoms with van der Waals surface area (Å²) in [5, 5.41) is 15.2. The average molecular weight is 315 g/mol. The molecule has 0 aliphatic heterocycles. The van der Waals surface area contributed by atoms with Crippen LogP contribution in [0.3, 0.4) is 0 Å². The molecule has 4 nitrogen and oxygen atoms in total. The largest absolute Gasteiger partial charge is 0.478 e. The highest BCUT2D eigenvalue weighted by Gasteiger charge is 2.16. The summed E-state index contributed by atoms with van der Waals surface area (Å²) in [6.45, 7) is 0. The van der Waals surface area contributed by atoms with Gasteiger partial charge in [0.15, 0.2) is 0 Å². The summed E-state index contributed by atoms with van der Waals surface area (Å²) in [5.41, 5.74) is 5.96. The van der Waals surface area contributed by atoms with Crippen LogP contribution >= 0.6 is 0 Å². The number of primary amides is 1. The Morgan fingerprint density at radius 2 is 1.42 bits per heavy atom. The summed E-state index contributed by atoms with van der Waals surface area (Å²) in [5.74, 6) is -1.96. The van der Waals surface area contributed by atoms with Gasteiger partial charge in [-0.2, -0.15) is 0 Å². The third-order valence-corrected chi connectivity index (χ3v) is 4.35. The van der Waals surface area contributed by atoms with Gasteiger partial charge in [-0.3, -0.25) is 4.79 Å². The van der Waals surface area contributed by atoms with Crippen molar-refractivity contribution in [3.63, 3.8) is 0 Å². The van der Waals surface area contributed by atoms with Gasteiger partial charge < -0.3 is 10.8 Å². The predicted octanol–water partition coefficient (Wildman–Crippen LogP) is 3.54. The lowest BCUT2D eigenvalue weighted by Gasteiger charge is -2.14. The molecule has 1 amide bonds. The predicted molar refractivity (Wildman–Crippen MR) is 95.0 cm³/mol. The van der Waals surface area contributed by atoms with Crippen molar-refractivity contribution in [3.05, 3.63) is 66.2 Å². The number of aliphatic carboxylic acids is 1. The minimum atomic E-state index is -1.20. The number of carboxylic acid groups (broad SMARTS) is 1. The number of nitrogens with two attached hydrogens (primary N) is 1. The minimum absolute atomic E-state index is 0.000402. The van der Waals surface area contributed by atoms with E-state index in [0.717, 1.165) is 38.4 Å². The molecule has 0 aliphatic carbocycles. The van der Waals surface area contributed by atoms with Crippen molar-refractivity contribution in [3.8, 4) is 0 Å². The summed E-state index contributed by atoms with van der Waals surface area (Å²) in [6, 6.07) is 17.7. The maximum absolute atomic E-state index is 11.8. The first-order valence-corrected chi connectivity index (χ1v) is 7.47. The molecule has 0 fully saturated rings. The molecular weight excluding hydrogens is 302 g/mol. The molecule has 0 aromatic heterocycles. The van der Waals surface area contributed by atoms with E-state index in [9.17, 15) is 9.59 Å². The van der Waals surface area contributed by atoms with Gasteiger partial charge in [0.05, 0.1) is 5.57 Å². The summed E-state index contributed by atoms with van der Waals surface area (Å²) in [7, 11) is 0. The molecule has 0 atom stereocenters. The van der Waals surface area contributed by atoms with Gasteiger partial charge in [-0.25, -0.2) is 4.79 Å². The van der Waals surface area contributed by atoms with Crippen LogP contribution in [0.4, 0.5) is 0 Å². The number of carboxylic acids is 1. The number of carbonyl (C=O) groups is 2. The third-order valence-electron chi connectivity index (χ3n) is 4.35. The Balaban J connectivity index is 2.19. The van der Waals surface area contributed by atoms with Crippen molar-refractivity contribution in [1.29, 1.82) is 0 Å². The number of amides is 1. The standard InChI is InChI=1S/C20H13NO3/c21-20(24)16(10-17(22)23)14-8-6-13-5-4-11-2-1-3-12-7-9-15(14)19(13)18(11)12/h1-10H,(H2,21,24)(H,22,23)/b16-10-. The molecule has 4 aromatic rings. The van der Waals surface area contributed by atoms with Crippen molar-refractivity contribution in [1.82, 2.24) is 0 Å². The Morgan fingerprint density at radius 1 is 0.833 bits per heavy atom. The van der Waals surface area contributed by atoms with Crippen molar-refractivity contribution in [2.75, 3.05) is 0 Å². The molecule has 4 aromatic carbocycles. The number of rotatable bonds is 3. The van der Waals surface area contributed by atoms with Crippen molar-refractivity contribution in [2.45, 2.75) is 0 Å². The van der Waals surface area contributed by atoms with Gasteiger partial charge in [0, 0.05) is 6.08 Å². The van der Waals surface area contributed by atoms with E-state index < -0.39 is 11.9 Å². The molecule has 0 saturated heterocycles. The molecule has 116 valence electrons. The number of carbonyl (C=O) groups excluding carboxylic acids is 1. The second-order valence-electron chi connectivity index (χ2n) is 5.73. The topological polar surface area (TPSA) is 80.4 Å². The zero-order valence-electron chi connectivity index (χ0n) is 12.6. The SMILES string of the molecule is NC(=O)/C(=C\C(=O)O)c1ccc2ccc3cccc4ccc1c2c34. The van der Waals surface area contributed by atoms with Crippen molar-refractivity contribution < 1.29 is 14.7 Å². The van der Waals surface area contributed by atoms with Gasteiger partial charge >= 0.3 is 5.97 Å². The fraction of sp³-hybridized carbons (Fsp3) is 0. The first kappa shape index (κ1) is 14.2. The van der Waals surface area contributed by atoms with E-state index >= 15 is 0 Å². The zero-order chi connectivity index (χ0) is 16.8. The van der Waals surface area contributed by atoms with E-state index in [1.807, 2.05) is 42.5 Å². The van der Waals surface area contributed by atoms with Crippen LogP contribution in [-0.4, -0.2) is 17.0 Å². The van der Waals surface area contributed by atoms with E-state index in [4.69, 9.17) is 10.8 Å². The molecule has 24 heavy (non-hydrogen) atoms. The number of hydrogen-bond acceptors (Lipinski definition) is 2. The average Bonchev–Trinajstić information content (AvgIpc) is 2.57. The van der Waals surface area contributed by atoms with Crippen molar-refractivity contribution >= 4 is 49.8 Å². The summed E-state index contributed by atoms with van der Waals surface area (Å²) in [4.78, 5) is 22.9. The fourth-order valence-corrected chi connectivity index (χ4v) is 3.38. The molecule has 0 saturated carbocycles. The van der Waals surface area contributed by atoms with Crippen LogP contribution in [0.25, 0.3) is 37.9 Å². The first-order valence-electron chi connectivity index (χ1n) is 7.47. The highest BCUT2D eigenvalue weighted by atomic mass is 16.4. The normalized spacial score (nSPS) is 12.2. The molecule has 4 heteroatoms. The van der Waals surface area contributed by atoms with Crippen LogP contribution in [0.1, 0.15) is 5.56 Å². The third kappa shape index (κ3) is 2.01. The van der Waals surface area contributed by atoms with Crippen LogP contribution in [0.2, 0.25) is 0 Å². The minimum Gasteiger partial charge on any atom is -0.478 e. The molecule has 0 radical (unpaired) electrons. The zero-order valence-corrected chi connectivity index (χ0v) is 12.6. The summed E-state index contributed by atoms with van der Waals surface area (Å²) < 4.78 is 0. The second-order valence-corrected chi connectivity index (χ2v) is 5.73. The lowest BCUT2D eigenvalue weighted by molar-refractivity contribution is -0.131. The maximum Gasteiger partial charge on any atom is 0.329 e. The van der Waals surface area contributed by atoms with Crippen LogP contribution < -0.4 is 5.73 Å². The fourth-order valence-electron chi connectivity index (χ4n) is 3.38. The second kappa shape index (κ2) is 5.06. The Kier molecular flexibility index (Phi) is 3.00. The molecule has 4 rings (SSSR count). The van der Waals surface area contributed by atoms with Crippen LogP contribution in [0.15, 0.2) is 60.7 Å². The Labute approximate surface area is 137 Å². The molecule has 3 N–H and O–H groups in total. The van der Waals surface area contributed by atoms with Crippen LogP contribution in [0.5, 0.6) is 0 Å².